The number of aromatic nitrogens is 1. The van der Waals surface area contributed by atoms with Gasteiger partial charge in [-0.15, -0.1) is 0 Å². The van der Waals surface area contributed by atoms with Crippen LogP contribution < -0.4 is 4.74 Å². The molecule has 0 amide bonds. The van der Waals surface area contributed by atoms with Crippen LogP contribution in [0.25, 0.3) is 0 Å². The van der Waals surface area contributed by atoms with E-state index in [4.69, 9.17) is 14.4 Å². The Bertz CT molecular complexity index is 472. The molecule has 0 radical (unpaired) electrons. The molecule has 4 heteroatoms. The number of nitrogens with zero attached hydrogens (tertiary/aromatic N) is 2. The summed E-state index contributed by atoms with van der Waals surface area (Å²) in [4.78, 5) is 3.84. The molecule has 2 heterocycles. The summed E-state index contributed by atoms with van der Waals surface area (Å²) < 4.78 is 10.5. The summed E-state index contributed by atoms with van der Waals surface area (Å²) in [6, 6.07) is 8.85. The van der Waals surface area contributed by atoms with Gasteiger partial charge in [-0.1, -0.05) is 0 Å². The maximum Gasteiger partial charge on any atom is 0.146 e. The zero-order valence-electron chi connectivity index (χ0n) is 7.88. The van der Waals surface area contributed by atoms with Gasteiger partial charge >= 0.3 is 0 Å². The highest BCUT2D eigenvalue weighted by atomic mass is 16.5. The average Bonchev–Trinajstić information content (AvgIpc) is 2.79. The van der Waals surface area contributed by atoms with Crippen molar-refractivity contribution >= 4 is 0 Å². The van der Waals surface area contributed by atoms with Gasteiger partial charge in [-0.25, -0.2) is 4.98 Å². The van der Waals surface area contributed by atoms with Gasteiger partial charge in [-0.05, 0) is 18.2 Å². The fourth-order valence-corrected chi connectivity index (χ4v) is 1.11. The minimum Gasteiger partial charge on any atom is -0.485 e. The molecule has 0 spiro atoms. The Morgan fingerprint density at radius 1 is 1.47 bits per heavy atom. The number of ether oxygens (including phenoxy) is 1. The van der Waals surface area contributed by atoms with Crippen molar-refractivity contribution in [2.24, 2.45) is 0 Å². The fourth-order valence-electron chi connectivity index (χ4n) is 1.11. The maximum absolute atomic E-state index is 8.63. The zero-order chi connectivity index (χ0) is 10.5. The molecule has 0 N–H and O–H groups in total. The molecule has 2 aromatic heterocycles. The van der Waals surface area contributed by atoms with Gasteiger partial charge in [0.05, 0.1) is 6.26 Å². The second-order valence-corrected chi connectivity index (χ2v) is 2.86. The van der Waals surface area contributed by atoms with Crippen LogP contribution in [-0.4, -0.2) is 4.98 Å². The highest BCUT2D eigenvalue weighted by Crippen LogP contribution is 2.12. The van der Waals surface area contributed by atoms with E-state index in [1.165, 1.54) is 6.20 Å². The van der Waals surface area contributed by atoms with Crippen molar-refractivity contribution in [3.05, 3.63) is 48.2 Å². The molecule has 0 aliphatic rings. The van der Waals surface area contributed by atoms with Gasteiger partial charge in [0.15, 0.2) is 0 Å². The number of furan rings is 1. The molecule has 0 saturated carbocycles. The second-order valence-electron chi connectivity index (χ2n) is 2.86. The minimum atomic E-state index is 0.340. The molecule has 15 heavy (non-hydrogen) atoms. The maximum atomic E-state index is 8.63. The smallest absolute Gasteiger partial charge is 0.146 e. The normalized spacial score (nSPS) is 9.53. The quantitative estimate of drug-likeness (QED) is 0.761. The highest BCUT2D eigenvalue weighted by Gasteiger charge is 1.99. The first-order chi connectivity index (χ1) is 7.38. The molecule has 4 nitrogen and oxygen atoms in total. The summed E-state index contributed by atoms with van der Waals surface area (Å²) in [6.45, 7) is 0.349. The molecule has 0 fully saturated rings. The Morgan fingerprint density at radius 3 is 3.13 bits per heavy atom. The van der Waals surface area contributed by atoms with Gasteiger partial charge in [0.2, 0.25) is 0 Å². The second kappa shape index (κ2) is 4.29. The van der Waals surface area contributed by atoms with Crippen molar-refractivity contribution in [1.29, 1.82) is 5.26 Å². The molecule has 74 valence electrons. The molecule has 0 atom stereocenters. The van der Waals surface area contributed by atoms with Gasteiger partial charge in [0.1, 0.15) is 29.9 Å². The van der Waals surface area contributed by atoms with E-state index in [0.717, 1.165) is 5.76 Å². The van der Waals surface area contributed by atoms with E-state index in [9.17, 15) is 0 Å². The Balaban J connectivity index is 2.02. The Kier molecular flexibility index (Phi) is 2.65. The lowest BCUT2D eigenvalue weighted by atomic mass is 10.3. The lowest BCUT2D eigenvalue weighted by Crippen LogP contribution is -1.94. The molecule has 0 aromatic carbocycles. The molecular formula is C11H8N2O2. The lowest BCUT2D eigenvalue weighted by molar-refractivity contribution is 0.270. The Morgan fingerprint density at radius 2 is 2.40 bits per heavy atom. The van der Waals surface area contributed by atoms with Crippen LogP contribution >= 0.6 is 0 Å². The predicted octanol–water partition coefficient (Wildman–Crippen LogP) is 2.13. The minimum absolute atomic E-state index is 0.340. The van der Waals surface area contributed by atoms with Crippen molar-refractivity contribution in [3.63, 3.8) is 0 Å². The van der Waals surface area contributed by atoms with Crippen molar-refractivity contribution in [2.75, 3.05) is 0 Å². The van der Waals surface area contributed by atoms with Crippen LogP contribution in [-0.2, 0) is 6.61 Å². The fraction of sp³-hybridized carbons (Fsp3) is 0.0909. The van der Waals surface area contributed by atoms with Crippen molar-refractivity contribution < 1.29 is 9.15 Å². The van der Waals surface area contributed by atoms with Gasteiger partial charge in [-0.3, -0.25) is 0 Å². The topological polar surface area (TPSA) is 59.0 Å². The van der Waals surface area contributed by atoms with E-state index in [1.54, 1.807) is 24.5 Å². The molecule has 0 unspecified atom stereocenters. The molecule has 2 rings (SSSR count). The van der Waals surface area contributed by atoms with Crippen LogP contribution in [0.1, 0.15) is 11.5 Å². The van der Waals surface area contributed by atoms with E-state index in [2.05, 4.69) is 4.98 Å². The van der Waals surface area contributed by atoms with Crippen LogP contribution in [0.5, 0.6) is 5.75 Å². The van der Waals surface area contributed by atoms with Gasteiger partial charge in [-0.2, -0.15) is 5.26 Å². The molecule has 0 aliphatic carbocycles. The standard InChI is InChI=1S/C11H8N2O2/c12-7-9-6-10(3-4-13-9)15-8-11-2-1-5-14-11/h1-6H,8H2. The van der Waals surface area contributed by atoms with Crippen LogP contribution in [0.3, 0.4) is 0 Å². The van der Waals surface area contributed by atoms with E-state index in [1.807, 2.05) is 12.1 Å². The van der Waals surface area contributed by atoms with Crippen LogP contribution in [0, 0.1) is 11.3 Å². The van der Waals surface area contributed by atoms with Gasteiger partial charge in [0, 0.05) is 12.3 Å². The monoisotopic (exact) mass is 200 g/mol. The summed E-state index contributed by atoms with van der Waals surface area (Å²) in [6.07, 6.45) is 3.13. The molecule has 0 aliphatic heterocycles. The van der Waals surface area contributed by atoms with Gasteiger partial charge in [0.25, 0.3) is 0 Å². The zero-order valence-corrected chi connectivity index (χ0v) is 7.88. The summed E-state index contributed by atoms with van der Waals surface area (Å²) >= 11 is 0. The number of hydrogen-bond acceptors (Lipinski definition) is 4. The molecule has 0 saturated heterocycles. The van der Waals surface area contributed by atoms with Crippen LogP contribution in [0.15, 0.2) is 41.1 Å². The summed E-state index contributed by atoms with van der Waals surface area (Å²) in [7, 11) is 0. The Labute approximate surface area is 86.7 Å². The SMILES string of the molecule is N#Cc1cc(OCc2ccco2)ccn1. The first kappa shape index (κ1) is 9.28. The van der Waals surface area contributed by atoms with Crippen LogP contribution in [0.2, 0.25) is 0 Å². The third-order valence-corrected chi connectivity index (χ3v) is 1.81. The number of nitriles is 1. The number of rotatable bonds is 3. The molecular weight excluding hydrogens is 192 g/mol. The van der Waals surface area contributed by atoms with Crippen molar-refractivity contribution in [2.45, 2.75) is 6.61 Å². The summed E-state index contributed by atoms with van der Waals surface area (Å²) in [5.74, 6) is 1.35. The molecule has 2 aromatic rings. The first-order valence-corrected chi connectivity index (χ1v) is 4.40. The van der Waals surface area contributed by atoms with Crippen LogP contribution in [0.4, 0.5) is 0 Å². The number of hydrogen-bond donors (Lipinski definition) is 0. The summed E-state index contributed by atoms with van der Waals surface area (Å²) in [5, 5.41) is 8.63. The van der Waals surface area contributed by atoms with E-state index >= 15 is 0 Å². The predicted molar refractivity (Wildman–Crippen MR) is 52.0 cm³/mol. The Hall–Kier alpha value is -2.28. The van der Waals surface area contributed by atoms with Crippen molar-refractivity contribution in [1.82, 2.24) is 4.98 Å². The first-order valence-electron chi connectivity index (χ1n) is 4.40. The van der Waals surface area contributed by atoms with E-state index in [-0.39, 0.29) is 0 Å². The number of pyridine rings is 1. The lowest BCUT2D eigenvalue weighted by Gasteiger charge is -2.03. The van der Waals surface area contributed by atoms with E-state index < -0.39 is 0 Å². The third-order valence-electron chi connectivity index (χ3n) is 1.81. The molecule has 0 bridgehead atoms. The van der Waals surface area contributed by atoms with Gasteiger partial charge < -0.3 is 9.15 Å². The average molecular weight is 200 g/mol. The van der Waals surface area contributed by atoms with E-state index in [0.29, 0.717) is 18.1 Å². The van der Waals surface area contributed by atoms with Crippen molar-refractivity contribution in [3.8, 4) is 11.8 Å². The summed E-state index contributed by atoms with van der Waals surface area (Å²) in [5.41, 5.74) is 0.340. The largest absolute Gasteiger partial charge is 0.485 e. The third kappa shape index (κ3) is 2.35. The highest BCUT2D eigenvalue weighted by molar-refractivity contribution is 5.29.